The number of benzene rings is 1. The molecule has 0 atom stereocenters. The second kappa shape index (κ2) is 4.63. The molecule has 6 heteroatoms. The molecule has 0 amide bonds. The Morgan fingerprint density at radius 3 is 2.29 bits per heavy atom. The fourth-order valence-electron chi connectivity index (χ4n) is 0.922. The predicted octanol–water partition coefficient (Wildman–Crippen LogP) is 1.42. The van der Waals surface area contributed by atoms with Gasteiger partial charge in [-0.05, 0) is 18.2 Å². The molecular weight excluding hydrogens is 226 g/mol. The van der Waals surface area contributed by atoms with Crippen LogP contribution in [-0.4, -0.2) is 27.1 Å². The maximum absolute atomic E-state index is 10.7. The van der Waals surface area contributed by atoms with E-state index in [1.165, 1.54) is 12.1 Å². The van der Waals surface area contributed by atoms with Gasteiger partial charge in [-0.1, -0.05) is 6.07 Å². The average molecular weight is 238 g/mol. The van der Waals surface area contributed by atoms with Crippen LogP contribution < -0.4 is 4.90 Å². The molecule has 0 heterocycles. The van der Waals surface area contributed by atoms with Gasteiger partial charge in [-0.2, -0.15) is 8.42 Å². The van der Waals surface area contributed by atoms with Crippen molar-refractivity contribution in [1.29, 1.82) is 0 Å². The minimum atomic E-state index is -4.09. The van der Waals surface area contributed by atoms with E-state index in [0.29, 0.717) is 0 Å². The van der Waals surface area contributed by atoms with Crippen LogP contribution in [0, 0.1) is 0 Å². The lowest BCUT2D eigenvalue weighted by molar-refractivity contribution is 0.483. The Hall–Kier alpha value is -0.780. The van der Waals surface area contributed by atoms with Crippen LogP contribution in [0.25, 0.3) is 0 Å². The molecule has 0 saturated carbocycles. The maximum Gasteiger partial charge on any atom is 0.294 e. The number of hydrogen-bond donors (Lipinski definition) is 1. The monoisotopic (exact) mass is 237 g/mol. The highest BCUT2D eigenvalue weighted by Crippen LogP contribution is 2.16. The normalized spacial score (nSPS) is 10.5. The molecule has 1 rings (SSSR count). The van der Waals surface area contributed by atoms with E-state index in [1.54, 1.807) is 31.1 Å². The van der Waals surface area contributed by atoms with Crippen LogP contribution >= 0.6 is 12.4 Å². The molecule has 0 aromatic heterocycles. The lowest BCUT2D eigenvalue weighted by Crippen LogP contribution is -2.09. The van der Waals surface area contributed by atoms with Crippen LogP contribution in [0.3, 0.4) is 0 Å². The number of hydrogen-bond acceptors (Lipinski definition) is 3. The van der Waals surface area contributed by atoms with Crippen LogP contribution in [0.1, 0.15) is 0 Å². The zero-order valence-corrected chi connectivity index (χ0v) is 9.47. The molecule has 1 aromatic rings. The molecular formula is C8H12ClNO3S. The molecule has 4 nitrogen and oxygen atoms in total. The summed E-state index contributed by atoms with van der Waals surface area (Å²) < 4.78 is 30.2. The van der Waals surface area contributed by atoms with E-state index in [9.17, 15) is 8.42 Å². The highest BCUT2D eigenvalue weighted by molar-refractivity contribution is 7.85. The number of anilines is 1. The van der Waals surface area contributed by atoms with Gasteiger partial charge < -0.3 is 4.90 Å². The third kappa shape index (κ3) is 3.17. The molecule has 0 saturated heterocycles. The molecule has 0 spiro atoms. The minimum Gasteiger partial charge on any atom is -0.378 e. The molecule has 0 radical (unpaired) electrons. The van der Waals surface area contributed by atoms with Gasteiger partial charge >= 0.3 is 0 Å². The van der Waals surface area contributed by atoms with Crippen molar-refractivity contribution < 1.29 is 13.0 Å². The molecule has 14 heavy (non-hydrogen) atoms. The second-order valence-electron chi connectivity index (χ2n) is 2.87. The summed E-state index contributed by atoms with van der Waals surface area (Å²) in [5, 5.41) is 0. The van der Waals surface area contributed by atoms with Gasteiger partial charge in [0.25, 0.3) is 10.1 Å². The van der Waals surface area contributed by atoms with Crippen molar-refractivity contribution in [2.45, 2.75) is 4.90 Å². The largest absolute Gasteiger partial charge is 0.378 e. The van der Waals surface area contributed by atoms with Crippen molar-refractivity contribution in [3.8, 4) is 0 Å². The smallest absolute Gasteiger partial charge is 0.294 e. The van der Waals surface area contributed by atoms with Crippen molar-refractivity contribution in [1.82, 2.24) is 0 Å². The van der Waals surface area contributed by atoms with Gasteiger partial charge in [0, 0.05) is 19.8 Å². The first-order valence-electron chi connectivity index (χ1n) is 3.66. The first-order valence-corrected chi connectivity index (χ1v) is 5.10. The van der Waals surface area contributed by atoms with E-state index in [4.69, 9.17) is 4.55 Å². The van der Waals surface area contributed by atoms with E-state index < -0.39 is 10.1 Å². The van der Waals surface area contributed by atoms with Gasteiger partial charge in [0.1, 0.15) is 0 Å². The van der Waals surface area contributed by atoms with E-state index in [-0.39, 0.29) is 17.3 Å². The maximum atomic E-state index is 10.7. The minimum absolute atomic E-state index is 0. The molecule has 0 aliphatic heterocycles. The SMILES string of the molecule is CN(C)c1cccc(S(=O)(=O)O)c1.Cl. The lowest BCUT2D eigenvalue weighted by atomic mass is 10.3. The van der Waals surface area contributed by atoms with E-state index >= 15 is 0 Å². The van der Waals surface area contributed by atoms with E-state index in [1.807, 2.05) is 0 Å². The Labute approximate surface area is 89.7 Å². The molecule has 0 bridgehead atoms. The van der Waals surface area contributed by atoms with Crippen LogP contribution in [-0.2, 0) is 10.1 Å². The molecule has 0 unspecified atom stereocenters. The predicted molar refractivity (Wildman–Crippen MR) is 57.8 cm³/mol. The molecule has 0 fully saturated rings. The van der Waals surface area contributed by atoms with Gasteiger partial charge in [-0.25, -0.2) is 0 Å². The van der Waals surface area contributed by atoms with Crippen LogP contribution in [0.2, 0.25) is 0 Å². The molecule has 80 valence electrons. The van der Waals surface area contributed by atoms with Gasteiger partial charge in [0.05, 0.1) is 4.90 Å². The van der Waals surface area contributed by atoms with Crippen molar-refractivity contribution in [3.05, 3.63) is 24.3 Å². The highest BCUT2D eigenvalue weighted by Gasteiger charge is 2.09. The first kappa shape index (κ1) is 13.2. The third-order valence-electron chi connectivity index (χ3n) is 1.63. The summed E-state index contributed by atoms with van der Waals surface area (Å²) in [4.78, 5) is 1.67. The van der Waals surface area contributed by atoms with Crippen molar-refractivity contribution in [3.63, 3.8) is 0 Å². The highest BCUT2D eigenvalue weighted by atomic mass is 35.5. The second-order valence-corrected chi connectivity index (χ2v) is 4.29. The Kier molecular flexibility index (Phi) is 4.38. The van der Waals surface area contributed by atoms with Gasteiger partial charge in [0.15, 0.2) is 0 Å². The lowest BCUT2D eigenvalue weighted by Gasteiger charge is -2.12. The van der Waals surface area contributed by atoms with Crippen LogP contribution in [0.5, 0.6) is 0 Å². The first-order chi connectivity index (χ1) is 5.91. The number of nitrogens with zero attached hydrogens (tertiary/aromatic N) is 1. The van der Waals surface area contributed by atoms with Gasteiger partial charge in [0.2, 0.25) is 0 Å². The Morgan fingerprint density at radius 1 is 1.29 bits per heavy atom. The molecule has 0 aliphatic carbocycles. The third-order valence-corrected chi connectivity index (χ3v) is 2.48. The van der Waals surface area contributed by atoms with Crippen molar-refractivity contribution >= 4 is 28.2 Å². The Balaban J connectivity index is 0.00000169. The zero-order valence-electron chi connectivity index (χ0n) is 7.84. The fourth-order valence-corrected chi connectivity index (χ4v) is 1.44. The standard InChI is InChI=1S/C8H11NO3S.ClH/c1-9(2)7-4-3-5-8(6-7)13(10,11)12;/h3-6H,1-2H3,(H,10,11,12);1H. The topological polar surface area (TPSA) is 57.6 Å². The van der Waals surface area contributed by atoms with Gasteiger partial charge in [-0.15, -0.1) is 12.4 Å². The summed E-state index contributed by atoms with van der Waals surface area (Å²) in [5.74, 6) is 0. The molecule has 0 aliphatic rings. The van der Waals surface area contributed by atoms with Crippen LogP contribution in [0.15, 0.2) is 29.2 Å². The molecule has 1 aromatic carbocycles. The summed E-state index contributed by atoms with van der Waals surface area (Å²) in [6, 6.07) is 6.10. The summed E-state index contributed by atoms with van der Waals surface area (Å²) in [5.41, 5.74) is 0.732. The quantitative estimate of drug-likeness (QED) is 0.791. The Bertz CT molecular complexity index is 403. The summed E-state index contributed by atoms with van der Waals surface area (Å²) >= 11 is 0. The van der Waals surface area contributed by atoms with Crippen molar-refractivity contribution in [2.24, 2.45) is 0 Å². The Morgan fingerprint density at radius 2 is 1.86 bits per heavy atom. The number of halogens is 1. The average Bonchev–Trinajstić information content (AvgIpc) is 2.03. The van der Waals surface area contributed by atoms with Crippen molar-refractivity contribution in [2.75, 3.05) is 19.0 Å². The fraction of sp³-hybridized carbons (Fsp3) is 0.250. The number of rotatable bonds is 2. The van der Waals surface area contributed by atoms with E-state index in [2.05, 4.69) is 0 Å². The van der Waals surface area contributed by atoms with Gasteiger partial charge in [-0.3, -0.25) is 4.55 Å². The van der Waals surface area contributed by atoms with E-state index in [0.717, 1.165) is 5.69 Å². The molecule has 1 N–H and O–H groups in total. The summed E-state index contributed by atoms with van der Waals surface area (Å²) in [7, 11) is -0.496. The summed E-state index contributed by atoms with van der Waals surface area (Å²) in [6.07, 6.45) is 0. The zero-order chi connectivity index (χ0) is 10.1. The van der Waals surface area contributed by atoms with Crippen LogP contribution in [0.4, 0.5) is 5.69 Å². The summed E-state index contributed by atoms with van der Waals surface area (Å²) in [6.45, 7) is 0.